The normalized spacial score (nSPS) is 11.0. The van der Waals surface area contributed by atoms with Crippen LogP contribution in [0, 0.1) is 0 Å². The second kappa shape index (κ2) is 7.33. The highest BCUT2D eigenvalue weighted by molar-refractivity contribution is 9.10. The molecule has 0 bridgehead atoms. The lowest BCUT2D eigenvalue weighted by atomic mass is 10.3. The Morgan fingerprint density at radius 2 is 2.35 bits per heavy atom. The van der Waals surface area contributed by atoms with Gasteiger partial charge in [-0.15, -0.1) is 0 Å². The minimum Gasteiger partial charge on any atom is -0.350 e. The number of carbonyl (C=O) groups excluding carboxylic acids is 1. The SMILES string of the molecule is C/C=C/CCNC(=O)c1cc(Br)cn1CCC. The average Bonchev–Trinajstić information content (AvgIpc) is 2.66. The number of amides is 1. The van der Waals surface area contributed by atoms with Gasteiger partial charge in [-0.3, -0.25) is 4.79 Å². The third-order valence-electron chi connectivity index (χ3n) is 2.39. The molecule has 0 aliphatic heterocycles. The first-order chi connectivity index (χ1) is 8.19. The van der Waals surface area contributed by atoms with Gasteiger partial charge in [-0.05, 0) is 41.8 Å². The van der Waals surface area contributed by atoms with Crippen molar-refractivity contribution in [2.75, 3.05) is 6.54 Å². The maximum atomic E-state index is 11.9. The van der Waals surface area contributed by atoms with Gasteiger partial charge in [-0.2, -0.15) is 0 Å². The summed E-state index contributed by atoms with van der Waals surface area (Å²) in [6.45, 7) is 5.62. The van der Waals surface area contributed by atoms with E-state index in [2.05, 4.69) is 28.2 Å². The lowest BCUT2D eigenvalue weighted by Crippen LogP contribution is -2.26. The van der Waals surface area contributed by atoms with E-state index < -0.39 is 0 Å². The minimum absolute atomic E-state index is 0.00588. The number of carbonyl (C=O) groups is 1. The molecule has 0 saturated carbocycles. The van der Waals surface area contributed by atoms with Crippen LogP contribution in [0.2, 0.25) is 0 Å². The molecule has 17 heavy (non-hydrogen) atoms. The van der Waals surface area contributed by atoms with E-state index in [1.165, 1.54) is 0 Å². The number of aromatic nitrogens is 1. The highest BCUT2D eigenvalue weighted by Gasteiger charge is 2.11. The Labute approximate surface area is 111 Å². The molecule has 4 heteroatoms. The average molecular weight is 299 g/mol. The van der Waals surface area contributed by atoms with Crippen LogP contribution in [0.5, 0.6) is 0 Å². The summed E-state index contributed by atoms with van der Waals surface area (Å²) in [5.41, 5.74) is 0.721. The molecule has 0 spiro atoms. The topological polar surface area (TPSA) is 34.0 Å². The molecule has 0 saturated heterocycles. The molecule has 0 unspecified atom stereocenters. The molecule has 1 N–H and O–H groups in total. The molecule has 0 aromatic carbocycles. The molecule has 1 rings (SSSR count). The summed E-state index contributed by atoms with van der Waals surface area (Å²) in [5, 5.41) is 2.91. The van der Waals surface area contributed by atoms with Crippen LogP contribution >= 0.6 is 15.9 Å². The third-order valence-corrected chi connectivity index (χ3v) is 2.83. The Balaban J connectivity index is 2.61. The van der Waals surface area contributed by atoms with Crippen LogP contribution in [0.25, 0.3) is 0 Å². The van der Waals surface area contributed by atoms with Crippen molar-refractivity contribution >= 4 is 21.8 Å². The highest BCUT2D eigenvalue weighted by atomic mass is 79.9. The fourth-order valence-corrected chi connectivity index (χ4v) is 2.08. The molecular weight excluding hydrogens is 280 g/mol. The van der Waals surface area contributed by atoms with Gasteiger partial charge in [0, 0.05) is 23.8 Å². The maximum Gasteiger partial charge on any atom is 0.267 e. The van der Waals surface area contributed by atoms with Crippen molar-refractivity contribution in [2.45, 2.75) is 33.2 Å². The number of nitrogens with one attached hydrogen (secondary N) is 1. The molecule has 0 atom stereocenters. The van der Waals surface area contributed by atoms with Crippen LogP contribution in [0.1, 0.15) is 37.2 Å². The van der Waals surface area contributed by atoms with Gasteiger partial charge in [0.05, 0.1) is 0 Å². The molecule has 0 aliphatic rings. The quantitative estimate of drug-likeness (QED) is 0.634. The number of allylic oxidation sites excluding steroid dienone is 1. The smallest absolute Gasteiger partial charge is 0.267 e. The summed E-state index contributed by atoms with van der Waals surface area (Å²) in [6, 6.07) is 1.86. The van der Waals surface area contributed by atoms with Gasteiger partial charge < -0.3 is 9.88 Å². The second-order valence-corrected chi connectivity index (χ2v) is 4.77. The highest BCUT2D eigenvalue weighted by Crippen LogP contribution is 2.15. The molecule has 1 amide bonds. The summed E-state index contributed by atoms with van der Waals surface area (Å²) in [5.74, 6) is -0.00588. The van der Waals surface area contributed by atoms with Gasteiger partial charge in [0.15, 0.2) is 0 Å². The summed E-state index contributed by atoms with van der Waals surface area (Å²) in [6.07, 6.45) is 7.87. The standard InChI is InChI=1S/C13H19BrN2O/c1-3-5-6-7-15-13(17)12-9-11(14)10-16(12)8-4-2/h3,5,9-10H,4,6-8H2,1-2H3,(H,15,17)/b5-3+. The van der Waals surface area contributed by atoms with E-state index in [4.69, 9.17) is 0 Å². The van der Waals surface area contributed by atoms with Gasteiger partial charge in [-0.1, -0.05) is 19.1 Å². The van der Waals surface area contributed by atoms with Crippen molar-refractivity contribution in [3.63, 3.8) is 0 Å². The van der Waals surface area contributed by atoms with Crippen molar-refractivity contribution in [1.29, 1.82) is 0 Å². The molecule has 94 valence electrons. The number of rotatable bonds is 6. The van der Waals surface area contributed by atoms with E-state index in [-0.39, 0.29) is 5.91 Å². The monoisotopic (exact) mass is 298 g/mol. The zero-order valence-electron chi connectivity index (χ0n) is 10.4. The van der Waals surface area contributed by atoms with E-state index >= 15 is 0 Å². The lowest BCUT2D eigenvalue weighted by molar-refractivity contribution is 0.0945. The fraction of sp³-hybridized carbons (Fsp3) is 0.462. The number of nitrogens with zero attached hydrogens (tertiary/aromatic N) is 1. The Bertz CT molecular complexity index is 396. The fourth-order valence-electron chi connectivity index (χ4n) is 1.62. The first-order valence-corrected chi connectivity index (χ1v) is 6.73. The number of aryl methyl sites for hydroxylation is 1. The first kappa shape index (κ1) is 14.0. The molecule has 3 nitrogen and oxygen atoms in total. The van der Waals surface area contributed by atoms with Gasteiger partial charge in [-0.25, -0.2) is 0 Å². The Morgan fingerprint density at radius 3 is 3.00 bits per heavy atom. The third kappa shape index (κ3) is 4.38. The summed E-state index contributed by atoms with van der Waals surface area (Å²) < 4.78 is 2.93. The molecule has 1 aromatic heterocycles. The van der Waals surface area contributed by atoms with Crippen molar-refractivity contribution in [3.8, 4) is 0 Å². The Morgan fingerprint density at radius 1 is 1.59 bits per heavy atom. The molecule has 0 aliphatic carbocycles. The first-order valence-electron chi connectivity index (χ1n) is 5.94. The van der Waals surface area contributed by atoms with Crippen LogP contribution in [0.15, 0.2) is 28.9 Å². The van der Waals surface area contributed by atoms with E-state index in [9.17, 15) is 4.79 Å². The van der Waals surface area contributed by atoms with E-state index in [1.807, 2.05) is 35.9 Å². The lowest BCUT2D eigenvalue weighted by Gasteiger charge is -2.07. The van der Waals surface area contributed by atoms with Crippen molar-refractivity contribution in [1.82, 2.24) is 9.88 Å². The predicted molar refractivity (Wildman–Crippen MR) is 74.2 cm³/mol. The molecule has 1 heterocycles. The van der Waals surface area contributed by atoms with Crippen molar-refractivity contribution in [3.05, 3.63) is 34.6 Å². The number of halogens is 1. The van der Waals surface area contributed by atoms with Crippen LogP contribution in [-0.4, -0.2) is 17.0 Å². The second-order valence-electron chi connectivity index (χ2n) is 3.85. The largest absolute Gasteiger partial charge is 0.350 e. The zero-order valence-corrected chi connectivity index (χ0v) is 12.0. The minimum atomic E-state index is -0.00588. The van der Waals surface area contributed by atoms with E-state index in [0.717, 1.165) is 29.6 Å². The zero-order chi connectivity index (χ0) is 12.7. The van der Waals surface area contributed by atoms with Gasteiger partial charge in [0.25, 0.3) is 5.91 Å². The van der Waals surface area contributed by atoms with Gasteiger partial charge >= 0.3 is 0 Å². The molecular formula is C13H19BrN2O. The Hall–Kier alpha value is -1.03. The van der Waals surface area contributed by atoms with E-state index in [0.29, 0.717) is 6.54 Å². The van der Waals surface area contributed by atoms with Crippen molar-refractivity contribution < 1.29 is 4.79 Å². The summed E-state index contributed by atoms with van der Waals surface area (Å²) >= 11 is 3.40. The van der Waals surface area contributed by atoms with Crippen molar-refractivity contribution in [2.24, 2.45) is 0 Å². The summed E-state index contributed by atoms with van der Waals surface area (Å²) in [7, 11) is 0. The Kier molecular flexibility index (Phi) is 6.05. The van der Waals surface area contributed by atoms with Crippen LogP contribution < -0.4 is 5.32 Å². The van der Waals surface area contributed by atoms with E-state index in [1.54, 1.807) is 0 Å². The molecule has 0 radical (unpaired) electrons. The molecule has 1 aromatic rings. The van der Waals surface area contributed by atoms with Crippen LogP contribution in [-0.2, 0) is 6.54 Å². The van der Waals surface area contributed by atoms with Crippen LogP contribution in [0.3, 0.4) is 0 Å². The van der Waals surface area contributed by atoms with Gasteiger partial charge in [0.2, 0.25) is 0 Å². The number of hydrogen-bond acceptors (Lipinski definition) is 1. The predicted octanol–water partition coefficient (Wildman–Crippen LogP) is 3.36. The van der Waals surface area contributed by atoms with Gasteiger partial charge in [0.1, 0.15) is 5.69 Å². The maximum absolute atomic E-state index is 11.9. The molecule has 0 fully saturated rings. The van der Waals surface area contributed by atoms with Crippen LogP contribution in [0.4, 0.5) is 0 Å². The summed E-state index contributed by atoms with van der Waals surface area (Å²) in [4.78, 5) is 11.9. The number of hydrogen-bond donors (Lipinski definition) is 1.